The molecular formula is C14H26N2O3. The molecule has 0 aliphatic heterocycles. The third-order valence-electron chi connectivity index (χ3n) is 4.00. The van der Waals surface area contributed by atoms with E-state index in [4.69, 9.17) is 10.8 Å². The number of hydrogen-bond acceptors (Lipinski definition) is 3. The molecule has 1 amide bonds. The van der Waals surface area contributed by atoms with Gasteiger partial charge >= 0.3 is 5.97 Å². The van der Waals surface area contributed by atoms with Crippen LogP contribution in [0.4, 0.5) is 0 Å². The third-order valence-corrected chi connectivity index (χ3v) is 4.00. The van der Waals surface area contributed by atoms with Gasteiger partial charge < -0.3 is 16.2 Å². The Kier molecular flexibility index (Phi) is 5.35. The number of hydrogen-bond donors (Lipinski definition) is 3. The van der Waals surface area contributed by atoms with Crippen molar-refractivity contribution >= 4 is 11.9 Å². The van der Waals surface area contributed by atoms with Crippen molar-refractivity contribution in [3.8, 4) is 0 Å². The van der Waals surface area contributed by atoms with Gasteiger partial charge in [0.05, 0.1) is 0 Å². The van der Waals surface area contributed by atoms with E-state index in [-0.39, 0.29) is 23.3 Å². The second kappa shape index (κ2) is 6.37. The van der Waals surface area contributed by atoms with Gasteiger partial charge in [-0.15, -0.1) is 0 Å². The molecule has 110 valence electrons. The largest absolute Gasteiger partial charge is 0.481 e. The van der Waals surface area contributed by atoms with E-state index in [0.717, 1.165) is 25.7 Å². The maximum Gasteiger partial charge on any atom is 0.303 e. The number of nitrogens with two attached hydrogens (primary N) is 1. The Balaban J connectivity index is 2.17. The van der Waals surface area contributed by atoms with Gasteiger partial charge in [0.1, 0.15) is 0 Å². The molecule has 1 aliphatic carbocycles. The highest BCUT2D eigenvalue weighted by atomic mass is 16.4. The molecule has 0 heterocycles. The Morgan fingerprint density at radius 2 is 1.95 bits per heavy atom. The lowest BCUT2D eigenvalue weighted by Gasteiger charge is -2.37. The summed E-state index contributed by atoms with van der Waals surface area (Å²) in [5.74, 6) is -0.761. The summed E-state index contributed by atoms with van der Waals surface area (Å²) >= 11 is 0. The van der Waals surface area contributed by atoms with Crippen LogP contribution in [-0.2, 0) is 9.59 Å². The van der Waals surface area contributed by atoms with Crippen LogP contribution in [0.2, 0.25) is 0 Å². The van der Waals surface area contributed by atoms with Gasteiger partial charge in [-0.3, -0.25) is 9.59 Å². The first-order chi connectivity index (χ1) is 8.72. The van der Waals surface area contributed by atoms with E-state index in [9.17, 15) is 9.59 Å². The highest BCUT2D eigenvalue weighted by molar-refractivity contribution is 5.77. The van der Waals surface area contributed by atoms with Gasteiger partial charge in [-0.25, -0.2) is 0 Å². The normalized spacial score (nSPS) is 17.6. The average Bonchev–Trinajstić information content (AvgIpc) is 2.24. The van der Waals surface area contributed by atoms with Crippen molar-refractivity contribution in [2.24, 2.45) is 11.1 Å². The van der Waals surface area contributed by atoms with Crippen molar-refractivity contribution in [1.82, 2.24) is 5.32 Å². The molecule has 0 unspecified atom stereocenters. The van der Waals surface area contributed by atoms with Crippen LogP contribution in [-0.4, -0.2) is 29.1 Å². The predicted molar refractivity (Wildman–Crippen MR) is 73.7 cm³/mol. The zero-order valence-corrected chi connectivity index (χ0v) is 12.0. The van der Waals surface area contributed by atoms with E-state index in [1.165, 1.54) is 0 Å². The van der Waals surface area contributed by atoms with Crippen molar-refractivity contribution in [2.45, 2.75) is 64.3 Å². The van der Waals surface area contributed by atoms with Crippen molar-refractivity contribution < 1.29 is 14.7 Å². The number of carboxylic acids is 1. The number of carboxylic acid groups (broad SMARTS) is 1. The zero-order valence-electron chi connectivity index (χ0n) is 12.0. The first kappa shape index (κ1) is 16.0. The summed E-state index contributed by atoms with van der Waals surface area (Å²) in [7, 11) is 0. The molecule has 19 heavy (non-hydrogen) atoms. The number of rotatable bonds is 8. The fourth-order valence-electron chi connectivity index (χ4n) is 2.30. The molecule has 1 aliphatic rings. The summed E-state index contributed by atoms with van der Waals surface area (Å²) in [6.07, 6.45) is 4.97. The lowest BCUT2D eigenvalue weighted by Crippen LogP contribution is -2.50. The molecule has 0 aromatic heterocycles. The standard InChI is InChI=1S/C14H26N2O3/c1-13(2,7-4-12(18)19)8-9-16-11(17)10-14(15)5-3-6-14/h3-10,15H2,1-2H3,(H,16,17)(H,18,19). The number of aliphatic carboxylic acids is 1. The fourth-order valence-corrected chi connectivity index (χ4v) is 2.30. The molecule has 5 nitrogen and oxygen atoms in total. The lowest BCUT2D eigenvalue weighted by atomic mass is 9.75. The maximum absolute atomic E-state index is 11.7. The quantitative estimate of drug-likeness (QED) is 0.625. The molecule has 0 radical (unpaired) electrons. The lowest BCUT2D eigenvalue weighted by molar-refractivity contribution is -0.137. The monoisotopic (exact) mass is 270 g/mol. The minimum absolute atomic E-state index is 0.0104. The van der Waals surface area contributed by atoms with Crippen LogP contribution in [0.5, 0.6) is 0 Å². The minimum atomic E-state index is -0.771. The van der Waals surface area contributed by atoms with Crippen LogP contribution in [0.3, 0.4) is 0 Å². The van der Waals surface area contributed by atoms with Crippen molar-refractivity contribution in [1.29, 1.82) is 0 Å². The minimum Gasteiger partial charge on any atom is -0.481 e. The summed E-state index contributed by atoms with van der Waals surface area (Å²) in [6, 6.07) is 0. The molecule has 1 rings (SSSR count). The number of carbonyl (C=O) groups is 2. The van der Waals surface area contributed by atoms with E-state index in [1.54, 1.807) is 0 Å². The average molecular weight is 270 g/mol. The van der Waals surface area contributed by atoms with Gasteiger partial charge in [-0.1, -0.05) is 13.8 Å². The molecular weight excluding hydrogens is 244 g/mol. The van der Waals surface area contributed by atoms with Crippen LogP contribution in [0.1, 0.15) is 58.8 Å². The van der Waals surface area contributed by atoms with Gasteiger partial charge in [-0.05, 0) is 37.5 Å². The van der Waals surface area contributed by atoms with Crippen LogP contribution >= 0.6 is 0 Å². The van der Waals surface area contributed by atoms with E-state index in [1.807, 2.05) is 13.8 Å². The zero-order chi connectivity index (χ0) is 14.5. The SMILES string of the molecule is CC(C)(CCNC(=O)CC1(N)CCC1)CCC(=O)O. The Labute approximate surface area is 114 Å². The summed E-state index contributed by atoms with van der Waals surface area (Å²) in [4.78, 5) is 22.3. The van der Waals surface area contributed by atoms with Crippen LogP contribution in [0.25, 0.3) is 0 Å². The molecule has 0 saturated heterocycles. The Morgan fingerprint density at radius 3 is 2.42 bits per heavy atom. The summed E-state index contributed by atoms with van der Waals surface area (Å²) in [5.41, 5.74) is 5.67. The first-order valence-electron chi connectivity index (χ1n) is 7.00. The highest BCUT2D eigenvalue weighted by Gasteiger charge is 2.34. The summed E-state index contributed by atoms with van der Waals surface area (Å²) in [5, 5.41) is 11.6. The van der Waals surface area contributed by atoms with Gasteiger partial charge in [-0.2, -0.15) is 0 Å². The molecule has 0 aromatic rings. The summed E-state index contributed by atoms with van der Waals surface area (Å²) in [6.45, 7) is 4.64. The van der Waals surface area contributed by atoms with Crippen LogP contribution in [0.15, 0.2) is 0 Å². The second-order valence-corrected chi connectivity index (χ2v) is 6.55. The molecule has 0 atom stereocenters. The third kappa shape index (κ3) is 6.05. The van der Waals surface area contributed by atoms with E-state index < -0.39 is 5.97 Å². The molecule has 1 saturated carbocycles. The number of nitrogens with one attached hydrogen (secondary N) is 1. The van der Waals surface area contributed by atoms with Gasteiger partial charge in [0.25, 0.3) is 0 Å². The highest BCUT2D eigenvalue weighted by Crippen LogP contribution is 2.32. The molecule has 5 heteroatoms. The van der Waals surface area contributed by atoms with Crippen molar-refractivity contribution in [3.05, 3.63) is 0 Å². The van der Waals surface area contributed by atoms with Gasteiger partial charge in [0, 0.05) is 24.9 Å². The van der Waals surface area contributed by atoms with E-state index in [2.05, 4.69) is 5.32 Å². The topological polar surface area (TPSA) is 92.4 Å². The fraction of sp³-hybridized carbons (Fsp3) is 0.857. The predicted octanol–water partition coefficient (Wildman–Crippen LogP) is 1.66. The molecule has 0 bridgehead atoms. The van der Waals surface area contributed by atoms with Gasteiger partial charge in [0.2, 0.25) is 5.91 Å². The van der Waals surface area contributed by atoms with E-state index in [0.29, 0.717) is 19.4 Å². The van der Waals surface area contributed by atoms with Crippen LogP contribution < -0.4 is 11.1 Å². The summed E-state index contributed by atoms with van der Waals surface area (Å²) < 4.78 is 0. The van der Waals surface area contributed by atoms with Gasteiger partial charge in [0.15, 0.2) is 0 Å². The second-order valence-electron chi connectivity index (χ2n) is 6.55. The van der Waals surface area contributed by atoms with E-state index >= 15 is 0 Å². The Bertz CT molecular complexity index is 336. The number of carbonyl (C=O) groups excluding carboxylic acids is 1. The number of amides is 1. The first-order valence-corrected chi connectivity index (χ1v) is 7.00. The maximum atomic E-state index is 11.7. The molecule has 4 N–H and O–H groups in total. The molecule has 0 aromatic carbocycles. The van der Waals surface area contributed by atoms with Crippen LogP contribution in [0, 0.1) is 5.41 Å². The van der Waals surface area contributed by atoms with Crippen molar-refractivity contribution in [2.75, 3.05) is 6.54 Å². The Hall–Kier alpha value is -1.10. The molecule has 1 fully saturated rings. The van der Waals surface area contributed by atoms with Crippen molar-refractivity contribution in [3.63, 3.8) is 0 Å². The molecule has 0 spiro atoms. The Morgan fingerprint density at radius 1 is 1.32 bits per heavy atom. The smallest absolute Gasteiger partial charge is 0.303 e.